The molecule has 78 valence electrons. The molecule has 2 aromatic rings. The van der Waals surface area contributed by atoms with Crippen molar-refractivity contribution < 1.29 is 4.39 Å². The highest BCUT2D eigenvalue weighted by molar-refractivity contribution is 7.99. The van der Waals surface area contributed by atoms with E-state index < -0.39 is 0 Å². The minimum absolute atomic E-state index is 0.275. The third kappa shape index (κ3) is 2.35. The molecule has 0 amide bonds. The Labute approximate surface area is 96.0 Å². The molecular formula is C11H6FN3S. The molecule has 0 N–H and O–H groups in total. The van der Waals surface area contributed by atoms with Crippen LogP contribution in [0.25, 0.3) is 0 Å². The highest BCUT2D eigenvalue weighted by atomic mass is 32.2. The van der Waals surface area contributed by atoms with Gasteiger partial charge in [0.1, 0.15) is 16.9 Å². The van der Waals surface area contributed by atoms with E-state index in [1.54, 1.807) is 12.1 Å². The second-order valence-electron chi connectivity index (χ2n) is 2.88. The van der Waals surface area contributed by atoms with Crippen LogP contribution in [0.4, 0.5) is 4.39 Å². The fourth-order valence-electron chi connectivity index (χ4n) is 1.09. The molecule has 0 aliphatic heterocycles. The lowest BCUT2D eigenvalue weighted by Gasteiger charge is -2.01. The molecule has 0 saturated carbocycles. The monoisotopic (exact) mass is 231 g/mol. The van der Waals surface area contributed by atoms with Gasteiger partial charge in [-0.3, -0.25) is 0 Å². The summed E-state index contributed by atoms with van der Waals surface area (Å²) in [6.45, 7) is 0. The van der Waals surface area contributed by atoms with Gasteiger partial charge in [0, 0.05) is 17.3 Å². The minimum Gasteiger partial charge on any atom is -0.245 e. The van der Waals surface area contributed by atoms with Gasteiger partial charge in [-0.05, 0) is 24.3 Å². The van der Waals surface area contributed by atoms with E-state index in [2.05, 4.69) is 9.97 Å². The first-order chi connectivity index (χ1) is 7.79. The lowest BCUT2D eigenvalue weighted by atomic mass is 10.4. The Bertz CT molecular complexity index is 534. The molecule has 0 radical (unpaired) electrons. The molecule has 5 heteroatoms. The number of aromatic nitrogens is 2. The standard InChI is InChI=1S/C11H6FN3S/c12-8-1-3-9(4-2-8)16-11-10(7-13)14-5-6-15-11/h1-6H. The van der Waals surface area contributed by atoms with Crippen LogP contribution in [0.2, 0.25) is 0 Å². The summed E-state index contributed by atoms with van der Waals surface area (Å²) in [5.74, 6) is -0.288. The second kappa shape index (κ2) is 4.73. The SMILES string of the molecule is N#Cc1nccnc1Sc1ccc(F)cc1. The van der Waals surface area contributed by atoms with Crippen LogP contribution in [-0.2, 0) is 0 Å². The number of nitrogens with zero attached hydrogens (tertiary/aromatic N) is 3. The molecule has 0 atom stereocenters. The maximum Gasteiger partial charge on any atom is 0.173 e. The van der Waals surface area contributed by atoms with E-state index in [0.29, 0.717) is 5.03 Å². The normalized spacial score (nSPS) is 9.75. The minimum atomic E-state index is -0.288. The molecule has 0 fully saturated rings. The van der Waals surface area contributed by atoms with Gasteiger partial charge in [0.2, 0.25) is 0 Å². The zero-order valence-corrected chi connectivity index (χ0v) is 8.91. The van der Waals surface area contributed by atoms with Gasteiger partial charge in [-0.25, -0.2) is 14.4 Å². The van der Waals surface area contributed by atoms with Crippen molar-refractivity contribution in [3.63, 3.8) is 0 Å². The van der Waals surface area contributed by atoms with Crippen molar-refractivity contribution in [1.29, 1.82) is 5.26 Å². The maximum absolute atomic E-state index is 12.7. The van der Waals surface area contributed by atoms with Crippen LogP contribution >= 0.6 is 11.8 Å². The quantitative estimate of drug-likeness (QED) is 0.797. The van der Waals surface area contributed by atoms with Gasteiger partial charge < -0.3 is 0 Å². The first-order valence-corrected chi connectivity index (χ1v) is 5.26. The number of hydrogen-bond acceptors (Lipinski definition) is 4. The largest absolute Gasteiger partial charge is 0.245 e. The van der Waals surface area contributed by atoms with Gasteiger partial charge in [-0.15, -0.1) is 0 Å². The molecule has 0 aliphatic carbocycles. The van der Waals surface area contributed by atoms with Crippen molar-refractivity contribution in [1.82, 2.24) is 9.97 Å². The zero-order valence-electron chi connectivity index (χ0n) is 8.09. The summed E-state index contributed by atoms with van der Waals surface area (Å²) in [7, 11) is 0. The molecule has 1 aromatic heterocycles. The summed E-state index contributed by atoms with van der Waals surface area (Å²) in [5, 5.41) is 9.34. The Morgan fingerprint density at radius 1 is 1.12 bits per heavy atom. The van der Waals surface area contributed by atoms with E-state index in [1.165, 1.54) is 36.3 Å². The third-order valence-corrected chi connectivity index (χ3v) is 2.80. The molecule has 0 saturated heterocycles. The molecule has 1 aromatic carbocycles. The fourth-order valence-corrected chi connectivity index (χ4v) is 1.89. The van der Waals surface area contributed by atoms with Gasteiger partial charge in [-0.2, -0.15) is 5.26 Å². The molecule has 0 unspecified atom stereocenters. The Hall–Kier alpha value is -1.93. The molecule has 0 aliphatic rings. The zero-order chi connectivity index (χ0) is 11.4. The summed E-state index contributed by atoms with van der Waals surface area (Å²) >= 11 is 1.28. The number of halogens is 1. The summed E-state index contributed by atoms with van der Waals surface area (Å²) < 4.78 is 12.7. The average Bonchev–Trinajstić information content (AvgIpc) is 2.33. The summed E-state index contributed by atoms with van der Waals surface area (Å²) in [5.41, 5.74) is 0.275. The second-order valence-corrected chi connectivity index (χ2v) is 3.94. The number of benzene rings is 1. The van der Waals surface area contributed by atoms with Crippen LogP contribution in [0.1, 0.15) is 5.69 Å². The van der Waals surface area contributed by atoms with E-state index in [9.17, 15) is 4.39 Å². The van der Waals surface area contributed by atoms with Gasteiger partial charge in [0.05, 0.1) is 0 Å². The van der Waals surface area contributed by atoms with Crippen molar-refractivity contribution in [2.45, 2.75) is 9.92 Å². The highest BCUT2D eigenvalue weighted by Gasteiger charge is 2.06. The average molecular weight is 231 g/mol. The first kappa shape index (κ1) is 10.6. The first-order valence-electron chi connectivity index (χ1n) is 4.44. The van der Waals surface area contributed by atoms with Gasteiger partial charge in [-0.1, -0.05) is 11.8 Å². The van der Waals surface area contributed by atoms with E-state index in [-0.39, 0.29) is 11.5 Å². The lowest BCUT2D eigenvalue weighted by molar-refractivity contribution is 0.626. The van der Waals surface area contributed by atoms with Crippen molar-refractivity contribution in [2.24, 2.45) is 0 Å². The van der Waals surface area contributed by atoms with Crippen LogP contribution in [0.15, 0.2) is 46.6 Å². The van der Waals surface area contributed by atoms with Crippen molar-refractivity contribution >= 4 is 11.8 Å². The van der Waals surface area contributed by atoms with Crippen LogP contribution in [0.3, 0.4) is 0 Å². The van der Waals surface area contributed by atoms with E-state index in [0.717, 1.165) is 4.90 Å². The maximum atomic E-state index is 12.7. The third-order valence-electron chi connectivity index (χ3n) is 1.80. The van der Waals surface area contributed by atoms with Gasteiger partial charge >= 0.3 is 0 Å². The van der Waals surface area contributed by atoms with Crippen molar-refractivity contribution in [3.05, 3.63) is 48.2 Å². The summed E-state index contributed by atoms with van der Waals surface area (Å²) in [6.07, 6.45) is 2.99. The van der Waals surface area contributed by atoms with E-state index in [4.69, 9.17) is 5.26 Å². The number of rotatable bonds is 2. The van der Waals surface area contributed by atoms with E-state index in [1.807, 2.05) is 6.07 Å². The number of nitriles is 1. The molecule has 2 rings (SSSR count). The van der Waals surface area contributed by atoms with Gasteiger partial charge in [0.15, 0.2) is 5.69 Å². The van der Waals surface area contributed by atoms with E-state index >= 15 is 0 Å². The van der Waals surface area contributed by atoms with Gasteiger partial charge in [0.25, 0.3) is 0 Å². The van der Waals surface area contributed by atoms with Crippen LogP contribution in [0.5, 0.6) is 0 Å². The summed E-state index contributed by atoms with van der Waals surface area (Å²) in [4.78, 5) is 8.76. The molecule has 1 heterocycles. The van der Waals surface area contributed by atoms with Crippen LogP contribution in [-0.4, -0.2) is 9.97 Å². The Morgan fingerprint density at radius 3 is 2.50 bits per heavy atom. The molecule has 0 spiro atoms. The topological polar surface area (TPSA) is 49.6 Å². The van der Waals surface area contributed by atoms with Crippen molar-refractivity contribution in [2.75, 3.05) is 0 Å². The lowest BCUT2D eigenvalue weighted by Crippen LogP contribution is -1.89. The predicted molar refractivity (Wildman–Crippen MR) is 57.3 cm³/mol. The molecule has 0 bridgehead atoms. The van der Waals surface area contributed by atoms with Crippen LogP contribution in [0, 0.1) is 17.1 Å². The predicted octanol–water partition coefficient (Wildman–Crippen LogP) is 2.64. The fraction of sp³-hybridized carbons (Fsp3) is 0. The number of hydrogen-bond donors (Lipinski definition) is 0. The molecule has 3 nitrogen and oxygen atoms in total. The summed E-state index contributed by atoms with van der Waals surface area (Å²) in [6, 6.07) is 7.96. The Morgan fingerprint density at radius 2 is 1.81 bits per heavy atom. The Balaban J connectivity index is 2.27. The van der Waals surface area contributed by atoms with Crippen molar-refractivity contribution in [3.8, 4) is 6.07 Å². The molecular weight excluding hydrogens is 225 g/mol. The Kier molecular flexibility index (Phi) is 3.13. The smallest absolute Gasteiger partial charge is 0.173 e. The molecule has 16 heavy (non-hydrogen) atoms. The van der Waals surface area contributed by atoms with Crippen LogP contribution < -0.4 is 0 Å². The highest BCUT2D eigenvalue weighted by Crippen LogP contribution is 2.27.